The van der Waals surface area contributed by atoms with Gasteiger partial charge in [0.05, 0.1) is 6.61 Å². The summed E-state index contributed by atoms with van der Waals surface area (Å²) in [5.74, 6) is 0.757. The van der Waals surface area contributed by atoms with Crippen LogP contribution in [0.5, 0.6) is 11.5 Å². The molecular weight excluding hydrogens is 316 g/mol. The lowest BCUT2D eigenvalue weighted by Crippen LogP contribution is -2.19. The molecule has 0 unspecified atom stereocenters. The molecule has 2 aromatic carbocycles. The van der Waals surface area contributed by atoms with Gasteiger partial charge in [-0.25, -0.2) is 0 Å². The highest BCUT2D eigenvalue weighted by molar-refractivity contribution is 6.01. The summed E-state index contributed by atoms with van der Waals surface area (Å²) in [6, 6.07) is 17.0. The molecule has 0 fully saturated rings. The third kappa shape index (κ3) is 5.11. The molecule has 2 rings (SSSR count). The molecule has 1 amide bonds. The van der Waals surface area contributed by atoms with Gasteiger partial charge in [-0.2, -0.15) is 5.26 Å². The Bertz CT molecular complexity index is 792. The molecule has 25 heavy (non-hydrogen) atoms. The van der Waals surface area contributed by atoms with Crippen LogP contribution in [0, 0.1) is 11.3 Å². The van der Waals surface area contributed by atoms with E-state index in [1.165, 1.54) is 13.1 Å². The average Bonchev–Trinajstić information content (AvgIpc) is 2.66. The lowest BCUT2D eigenvalue weighted by atomic mass is 10.1. The summed E-state index contributed by atoms with van der Waals surface area (Å²) in [6.45, 7) is 2.79. The monoisotopic (exact) mass is 336 g/mol. The van der Waals surface area contributed by atoms with E-state index in [0.29, 0.717) is 30.3 Å². The Kier molecular flexibility index (Phi) is 6.61. The van der Waals surface area contributed by atoms with Crippen molar-refractivity contribution < 1.29 is 14.3 Å². The lowest BCUT2D eigenvalue weighted by molar-refractivity contribution is -0.116. The number of nitriles is 1. The number of ether oxygens (including phenoxy) is 2. The van der Waals surface area contributed by atoms with Gasteiger partial charge in [-0.3, -0.25) is 4.79 Å². The Labute approximate surface area is 147 Å². The zero-order valence-electron chi connectivity index (χ0n) is 14.3. The summed E-state index contributed by atoms with van der Waals surface area (Å²) < 4.78 is 11.5. The highest BCUT2D eigenvalue weighted by Crippen LogP contribution is 2.30. The van der Waals surface area contributed by atoms with Crippen molar-refractivity contribution in [3.05, 3.63) is 65.2 Å². The third-order valence-electron chi connectivity index (χ3n) is 3.41. The maximum absolute atomic E-state index is 11.6. The molecule has 0 bridgehead atoms. The lowest BCUT2D eigenvalue weighted by Gasteiger charge is -2.13. The fourth-order valence-electron chi connectivity index (χ4n) is 2.19. The number of carbonyl (C=O) groups is 1. The van der Waals surface area contributed by atoms with E-state index in [9.17, 15) is 4.79 Å². The maximum atomic E-state index is 11.6. The highest BCUT2D eigenvalue weighted by Gasteiger charge is 2.10. The number of nitrogens with one attached hydrogen (secondary N) is 1. The Balaban J connectivity index is 2.23. The second-order valence-corrected chi connectivity index (χ2v) is 5.16. The van der Waals surface area contributed by atoms with E-state index in [-0.39, 0.29) is 5.57 Å². The summed E-state index contributed by atoms with van der Waals surface area (Å²) in [5, 5.41) is 11.5. The second-order valence-electron chi connectivity index (χ2n) is 5.16. The van der Waals surface area contributed by atoms with Crippen LogP contribution in [-0.4, -0.2) is 19.6 Å². The van der Waals surface area contributed by atoms with E-state index >= 15 is 0 Å². The van der Waals surface area contributed by atoms with Crippen LogP contribution >= 0.6 is 0 Å². The fraction of sp³-hybridized carbons (Fsp3) is 0.200. The molecule has 0 aromatic heterocycles. The van der Waals surface area contributed by atoms with Gasteiger partial charge in [0, 0.05) is 7.05 Å². The van der Waals surface area contributed by atoms with E-state index in [4.69, 9.17) is 14.7 Å². The van der Waals surface area contributed by atoms with Gasteiger partial charge in [-0.15, -0.1) is 0 Å². The number of benzene rings is 2. The molecule has 0 aliphatic carbocycles. The molecule has 0 atom stereocenters. The molecular formula is C20H20N2O3. The van der Waals surface area contributed by atoms with Gasteiger partial charge in [0.1, 0.15) is 18.2 Å². The van der Waals surface area contributed by atoms with E-state index in [1.807, 2.05) is 43.3 Å². The van der Waals surface area contributed by atoms with E-state index in [1.54, 1.807) is 18.2 Å². The summed E-state index contributed by atoms with van der Waals surface area (Å²) in [4.78, 5) is 11.6. The number of carbonyl (C=O) groups excluding carboxylic acids is 1. The summed E-state index contributed by atoms with van der Waals surface area (Å²) in [5.41, 5.74) is 1.78. The van der Waals surface area contributed by atoms with Crippen molar-refractivity contribution in [2.45, 2.75) is 13.5 Å². The summed E-state index contributed by atoms with van der Waals surface area (Å²) >= 11 is 0. The van der Waals surface area contributed by atoms with Crippen molar-refractivity contribution in [2.75, 3.05) is 13.7 Å². The van der Waals surface area contributed by atoms with Gasteiger partial charge < -0.3 is 14.8 Å². The van der Waals surface area contributed by atoms with Crippen LogP contribution in [0.1, 0.15) is 18.1 Å². The molecule has 1 N–H and O–H groups in total. The van der Waals surface area contributed by atoms with Gasteiger partial charge >= 0.3 is 0 Å². The van der Waals surface area contributed by atoms with Crippen LogP contribution in [0.3, 0.4) is 0 Å². The minimum Gasteiger partial charge on any atom is -0.490 e. The van der Waals surface area contributed by atoms with Crippen molar-refractivity contribution in [1.82, 2.24) is 5.32 Å². The molecule has 5 nitrogen and oxygen atoms in total. The van der Waals surface area contributed by atoms with Crippen molar-refractivity contribution in [3.63, 3.8) is 0 Å². The Morgan fingerprint density at radius 3 is 2.56 bits per heavy atom. The van der Waals surface area contributed by atoms with Crippen LogP contribution in [-0.2, 0) is 11.4 Å². The molecule has 0 saturated heterocycles. The molecule has 0 aliphatic rings. The van der Waals surface area contributed by atoms with E-state index in [0.717, 1.165) is 5.56 Å². The first-order valence-electron chi connectivity index (χ1n) is 7.95. The molecule has 0 radical (unpaired) electrons. The number of likely N-dealkylation sites (N-methyl/N-ethyl adjacent to an activating group) is 1. The minimum absolute atomic E-state index is 0.0305. The Morgan fingerprint density at radius 2 is 1.92 bits per heavy atom. The quantitative estimate of drug-likeness (QED) is 0.622. The summed E-state index contributed by atoms with van der Waals surface area (Å²) in [6.07, 6.45) is 1.52. The molecule has 128 valence electrons. The zero-order valence-corrected chi connectivity index (χ0v) is 14.3. The molecule has 0 heterocycles. The number of hydrogen-bond acceptors (Lipinski definition) is 4. The largest absolute Gasteiger partial charge is 0.490 e. The molecule has 2 aromatic rings. The number of amides is 1. The first-order valence-corrected chi connectivity index (χ1v) is 7.95. The normalized spacial score (nSPS) is 10.7. The van der Waals surface area contributed by atoms with Crippen molar-refractivity contribution in [1.29, 1.82) is 5.26 Å². The maximum Gasteiger partial charge on any atom is 0.261 e. The van der Waals surface area contributed by atoms with Crippen molar-refractivity contribution in [3.8, 4) is 17.6 Å². The van der Waals surface area contributed by atoms with Crippen LogP contribution < -0.4 is 14.8 Å². The van der Waals surface area contributed by atoms with Crippen LogP contribution in [0.15, 0.2) is 54.1 Å². The van der Waals surface area contributed by atoms with Gasteiger partial charge in [-0.1, -0.05) is 36.4 Å². The Hall–Kier alpha value is -3.26. The zero-order chi connectivity index (χ0) is 18.1. The number of rotatable bonds is 7. The smallest absolute Gasteiger partial charge is 0.261 e. The molecule has 0 saturated carbocycles. The standard InChI is InChI=1S/C20H20N2O3/c1-3-24-19-12-16(11-17(13-21)20(23)22-2)9-10-18(19)25-14-15-7-5-4-6-8-15/h4-12H,3,14H2,1-2H3,(H,22,23)/b17-11+. The first-order chi connectivity index (χ1) is 12.2. The number of nitrogens with zero attached hydrogens (tertiary/aromatic N) is 1. The van der Waals surface area contributed by atoms with Crippen molar-refractivity contribution >= 4 is 12.0 Å². The SMILES string of the molecule is CCOc1cc(/C=C(\C#N)C(=O)NC)ccc1OCc1ccccc1. The second kappa shape index (κ2) is 9.14. The van der Waals surface area contributed by atoms with Crippen LogP contribution in [0.25, 0.3) is 6.08 Å². The fourth-order valence-corrected chi connectivity index (χ4v) is 2.19. The van der Waals surface area contributed by atoms with Crippen LogP contribution in [0.4, 0.5) is 0 Å². The third-order valence-corrected chi connectivity index (χ3v) is 3.41. The van der Waals surface area contributed by atoms with Gasteiger partial charge in [0.15, 0.2) is 11.5 Å². The minimum atomic E-state index is -0.426. The first kappa shape index (κ1) is 18.1. The summed E-state index contributed by atoms with van der Waals surface area (Å²) in [7, 11) is 1.49. The van der Waals surface area contributed by atoms with Gasteiger partial charge in [0.2, 0.25) is 0 Å². The molecule has 5 heteroatoms. The van der Waals surface area contributed by atoms with Crippen molar-refractivity contribution in [2.24, 2.45) is 0 Å². The highest BCUT2D eigenvalue weighted by atomic mass is 16.5. The average molecular weight is 336 g/mol. The molecule has 0 aliphatic heterocycles. The molecule has 0 spiro atoms. The topological polar surface area (TPSA) is 71.3 Å². The number of hydrogen-bond donors (Lipinski definition) is 1. The predicted molar refractivity (Wildman–Crippen MR) is 96.0 cm³/mol. The van der Waals surface area contributed by atoms with E-state index < -0.39 is 5.91 Å². The van der Waals surface area contributed by atoms with Gasteiger partial charge in [0.25, 0.3) is 5.91 Å². The van der Waals surface area contributed by atoms with E-state index in [2.05, 4.69) is 5.32 Å². The predicted octanol–water partition coefficient (Wildman–Crippen LogP) is 3.32. The van der Waals surface area contributed by atoms with Crippen LogP contribution in [0.2, 0.25) is 0 Å². The Morgan fingerprint density at radius 1 is 1.16 bits per heavy atom. The van der Waals surface area contributed by atoms with Gasteiger partial charge in [-0.05, 0) is 36.3 Å².